The largest absolute Gasteiger partial charge is 0.372 e. The number of benzene rings is 1. The van der Waals surface area contributed by atoms with Crippen molar-refractivity contribution >= 4 is 56.9 Å². The highest BCUT2D eigenvalue weighted by Crippen LogP contribution is 2.33. The van der Waals surface area contributed by atoms with Crippen LogP contribution >= 0.6 is 11.6 Å². The third-order valence-electron chi connectivity index (χ3n) is 8.04. The number of nitrogens with one attached hydrogen (secondary N) is 4. The van der Waals surface area contributed by atoms with Crippen molar-refractivity contribution < 1.29 is 19.1 Å². The van der Waals surface area contributed by atoms with Gasteiger partial charge in [-0.25, -0.2) is 14.8 Å². The number of ether oxygens (including phenoxy) is 1. The Hall–Kier alpha value is -3.49. The number of amides is 4. The molecule has 0 saturated carbocycles. The first-order valence-corrected chi connectivity index (χ1v) is 14.1. The zero-order chi connectivity index (χ0) is 28.9. The van der Waals surface area contributed by atoms with E-state index in [1.807, 2.05) is 35.8 Å². The number of likely N-dealkylation sites (tertiary alicyclic amines) is 1. The second kappa shape index (κ2) is 10.7. The van der Waals surface area contributed by atoms with Crippen LogP contribution in [0.4, 0.5) is 10.5 Å². The molecule has 218 valence electrons. The van der Waals surface area contributed by atoms with Crippen LogP contribution in [0.2, 0.25) is 5.02 Å². The molecule has 3 fully saturated rings. The Labute approximate surface area is 242 Å². The first kappa shape index (κ1) is 27.7. The van der Waals surface area contributed by atoms with Crippen LogP contribution in [0.1, 0.15) is 26.7 Å². The summed E-state index contributed by atoms with van der Waals surface area (Å²) < 4.78 is 6.02. The predicted octanol–water partition coefficient (Wildman–Crippen LogP) is 2.07. The molecule has 3 aliphatic heterocycles. The van der Waals surface area contributed by atoms with E-state index >= 15 is 0 Å². The summed E-state index contributed by atoms with van der Waals surface area (Å²) in [6.07, 6.45) is 4.76. The van der Waals surface area contributed by atoms with Gasteiger partial charge in [0.05, 0.1) is 47.7 Å². The third kappa shape index (κ3) is 5.43. The van der Waals surface area contributed by atoms with Gasteiger partial charge in [-0.05, 0) is 44.9 Å². The van der Waals surface area contributed by atoms with E-state index in [9.17, 15) is 14.4 Å². The Morgan fingerprint density at radius 3 is 2.71 bits per heavy atom. The van der Waals surface area contributed by atoms with Gasteiger partial charge in [0.25, 0.3) is 0 Å². The van der Waals surface area contributed by atoms with Crippen LogP contribution in [0.5, 0.6) is 0 Å². The number of rotatable bonds is 5. The van der Waals surface area contributed by atoms with Gasteiger partial charge in [0.1, 0.15) is 6.04 Å². The molecule has 1 aromatic carbocycles. The van der Waals surface area contributed by atoms with Gasteiger partial charge in [-0.1, -0.05) is 11.6 Å². The number of carbonyl (C=O) groups excluding carboxylic acids is 3. The monoisotopic (exact) mass is 583 g/mol. The molecule has 0 radical (unpaired) electrons. The molecule has 0 spiro atoms. The summed E-state index contributed by atoms with van der Waals surface area (Å²) >= 11 is 6.44. The second-order valence-electron chi connectivity index (χ2n) is 11.5. The quantitative estimate of drug-likeness (QED) is 0.358. The van der Waals surface area contributed by atoms with Crippen LogP contribution in [0.25, 0.3) is 21.8 Å². The minimum Gasteiger partial charge on any atom is -0.372 e. The third-order valence-corrected chi connectivity index (χ3v) is 8.26. The number of urea groups is 1. The molecule has 0 bridgehead atoms. The average Bonchev–Trinajstić information content (AvgIpc) is 3.48. The summed E-state index contributed by atoms with van der Waals surface area (Å²) in [5, 5.41) is 8.33. The van der Waals surface area contributed by atoms with Gasteiger partial charge >= 0.3 is 6.03 Å². The molecule has 4 N–H and O–H groups in total. The van der Waals surface area contributed by atoms with E-state index in [1.165, 1.54) is 5.01 Å². The van der Waals surface area contributed by atoms with Crippen LogP contribution in [-0.4, -0.2) is 105 Å². The Balaban J connectivity index is 1.15. The van der Waals surface area contributed by atoms with Crippen LogP contribution in [0, 0.1) is 0 Å². The fourth-order valence-corrected chi connectivity index (χ4v) is 6.09. The van der Waals surface area contributed by atoms with Gasteiger partial charge in [0, 0.05) is 48.7 Å². The molecule has 13 nitrogen and oxygen atoms in total. The Morgan fingerprint density at radius 1 is 1.20 bits per heavy atom. The number of halogens is 1. The van der Waals surface area contributed by atoms with E-state index in [0.717, 1.165) is 21.8 Å². The highest BCUT2D eigenvalue weighted by molar-refractivity contribution is 6.33. The van der Waals surface area contributed by atoms with Crippen LogP contribution in [0.15, 0.2) is 30.6 Å². The van der Waals surface area contributed by atoms with Crippen molar-refractivity contribution in [2.75, 3.05) is 45.2 Å². The second-order valence-corrected chi connectivity index (χ2v) is 11.9. The number of piperidine rings is 1. The minimum atomic E-state index is -0.669. The lowest BCUT2D eigenvalue weighted by atomic mass is 10.0. The van der Waals surface area contributed by atoms with Gasteiger partial charge in [0.15, 0.2) is 0 Å². The molecule has 2 aromatic heterocycles. The lowest BCUT2D eigenvalue weighted by molar-refractivity contribution is -0.150. The van der Waals surface area contributed by atoms with E-state index in [4.69, 9.17) is 16.3 Å². The van der Waals surface area contributed by atoms with Crippen molar-refractivity contribution in [1.82, 2.24) is 40.9 Å². The van der Waals surface area contributed by atoms with Crippen molar-refractivity contribution in [2.24, 2.45) is 0 Å². The molecular weight excluding hydrogens is 550 g/mol. The number of pyridine rings is 1. The standard InChI is InChI=1S/C27H34ClN9O4/c1-27(2)15-36(13-23(38)35-8-5-17(6-9-35)37-26(40)34(3)32-33-37)22(14-41-27)25(39)31-20-11-16(28)10-19-18-4-7-29-12-21(18)30-24(19)20/h4,7,10-12,17,22,30,32-33H,5-6,8-9,13-15H2,1-3H3,(H,31,39)/t22-/m0/s1. The fraction of sp³-hybridized carbons (Fsp3) is 0.481. The Bertz CT molecular complexity index is 1500. The number of morpholine rings is 1. The maximum absolute atomic E-state index is 13.7. The molecule has 6 rings (SSSR count). The molecular formula is C27H34ClN9O4. The van der Waals surface area contributed by atoms with Crippen LogP contribution in [0.3, 0.4) is 0 Å². The van der Waals surface area contributed by atoms with E-state index in [-0.39, 0.29) is 37.0 Å². The molecule has 41 heavy (non-hydrogen) atoms. The average molecular weight is 584 g/mol. The number of carbonyl (C=O) groups is 3. The number of aromatic amines is 1. The summed E-state index contributed by atoms with van der Waals surface area (Å²) in [6, 6.07) is 4.64. The molecule has 0 aliphatic carbocycles. The van der Waals surface area contributed by atoms with E-state index in [1.54, 1.807) is 30.5 Å². The van der Waals surface area contributed by atoms with E-state index < -0.39 is 11.6 Å². The number of H-pyrrole nitrogens is 1. The predicted molar refractivity (Wildman–Crippen MR) is 154 cm³/mol. The molecule has 14 heteroatoms. The Kier molecular flexibility index (Phi) is 7.24. The minimum absolute atomic E-state index is 0.0141. The summed E-state index contributed by atoms with van der Waals surface area (Å²) in [7, 11) is 1.65. The number of fused-ring (bicyclic) bond motifs is 3. The topological polar surface area (TPSA) is 138 Å². The number of aromatic nitrogens is 2. The molecule has 3 saturated heterocycles. The van der Waals surface area contributed by atoms with Crippen LogP contribution in [-0.2, 0) is 14.3 Å². The van der Waals surface area contributed by atoms with Crippen molar-refractivity contribution in [3.05, 3.63) is 35.6 Å². The van der Waals surface area contributed by atoms with Crippen molar-refractivity contribution in [1.29, 1.82) is 0 Å². The van der Waals surface area contributed by atoms with Gasteiger partial charge in [0.2, 0.25) is 11.8 Å². The Morgan fingerprint density at radius 2 is 1.98 bits per heavy atom. The first-order chi connectivity index (χ1) is 19.6. The van der Waals surface area contributed by atoms with Crippen molar-refractivity contribution in [3.63, 3.8) is 0 Å². The number of anilines is 1. The number of hydrogen-bond donors (Lipinski definition) is 4. The van der Waals surface area contributed by atoms with Gasteiger partial charge < -0.3 is 19.9 Å². The normalized spacial score (nSPS) is 22.2. The molecule has 3 aliphatic rings. The summed E-state index contributed by atoms with van der Waals surface area (Å²) in [6.45, 7) is 5.61. The van der Waals surface area contributed by atoms with Crippen LogP contribution < -0.4 is 16.4 Å². The number of hydrogen-bond acceptors (Lipinski definition) is 8. The molecule has 3 aromatic rings. The first-order valence-electron chi connectivity index (χ1n) is 13.7. The lowest BCUT2D eigenvalue weighted by Gasteiger charge is -2.43. The smallest absolute Gasteiger partial charge is 0.350 e. The summed E-state index contributed by atoms with van der Waals surface area (Å²) in [4.78, 5) is 50.6. The highest BCUT2D eigenvalue weighted by atomic mass is 35.5. The van der Waals surface area contributed by atoms with Gasteiger partial charge in [-0.15, -0.1) is 11.1 Å². The SMILES string of the molecule is CN1NNN(C2CCN(C(=O)CN3CC(C)(C)OC[C@H]3C(=O)Nc3cc(Cl)cc4c3[nH]c3cnccc34)CC2)C1=O. The maximum Gasteiger partial charge on any atom is 0.350 e. The van der Waals surface area contributed by atoms with Gasteiger partial charge in [-0.2, -0.15) is 0 Å². The van der Waals surface area contributed by atoms with E-state index in [0.29, 0.717) is 43.2 Å². The van der Waals surface area contributed by atoms with Crippen molar-refractivity contribution in [3.8, 4) is 0 Å². The van der Waals surface area contributed by atoms with Crippen molar-refractivity contribution in [2.45, 2.75) is 44.4 Å². The van der Waals surface area contributed by atoms with Gasteiger partial charge in [-0.3, -0.25) is 19.5 Å². The molecule has 0 unspecified atom stereocenters. The van der Waals surface area contributed by atoms with E-state index in [2.05, 4.69) is 26.4 Å². The molecule has 1 atom stereocenters. The summed E-state index contributed by atoms with van der Waals surface area (Å²) in [5.41, 5.74) is 7.28. The molecule has 4 amide bonds. The summed E-state index contributed by atoms with van der Waals surface area (Å²) in [5.74, 6) is -0.328. The lowest BCUT2D eigenvalue weighted by Crippen LogP contribution is -2.60. The zero-order valence-electron chi connectivity index (χ0n) is 23.2. The number of nitrogens with zero attached hydrogens (tertiary/aromatic N) is 5. The molecule has 5 heterocycles. The fourth-order valence-electron chi connectivity index (χ4n) is 5.88. The zero-order valence-corrected chi connectivity index (χ0v) is 24.0. The highest BCUT2D eigenvalue weighted by Gasteiger charge is 2.40. The number of hydrazine groups is 3. The maximum atomic E-state index is 13.7.